The van der Waals surface area contributed by atoms with Crippen LogP contribution in [0.15, 0.2) is 22.7 Å². The van der Waals surface area contributed by atoms with Crippen molar-refractivity contribution in [1.82, 2.24) is 0 Å². The lowest BCUT2D eigenvalue weighted by atomic mass is 9.81. The van der Waals surface area contributed by atoms with Crippen LogP contribution in [0.3, 0.4) is 0 Å². The van der Waals surface area contributed by atoms with E-state index in [0.29, 0.717) is 4.47 Å². The predicted octanol–water partition coefficient (Wildman–Crippen LogP) is 2.74. The van der Waals surface area contributed by atoms with Crippen molar-refractivity contribution in [2.75, 3.05) is 0 Å². The molecule has 0 aliphatic carbocycles. The maximum absolute atomic E-state index is 13.0. The third-order valence-electron chi connectivity index (χ3n) is 2.32. The average Bonchev–Trinajstić information content (AvgIpc) is 2.07. The second kappa shape index (κ2) is 4.31. The summed E-state index contributed by atoms with van der Waals surface area (Å²) in [4.78, 5) is 10.9. The lowest BCUT2D eigenvalue weighted by Crippen LogP contribution is -2.26. The van der Waals surface area contributed by atoms with Crippen LogP contribution in [-0.2, 0) is 10.2 Å². The summed E-state index contributed by atoms with van der Waals surface area (Å²) in [6.45, 7) is 3.80. The maximum Gasteiger partial charge on any atom is 0.218 e. The predicted molar refractivity (Wildman–Crippen MR) is 60.9 cm³/mol. The van der Waals surface area contributed by atoms with Gasteiger partial charge in [0.15, 0.2) is 0 Å². The molecule has 0 aromatic heterocycles. The molecule has 0 unspecified atom stereocenters. The van der Waals surface area contributed by atoms with Crippen LogP contribution >= 0.6 is 15.9 Å². The molecule has 1 aromatic carbocycles. The molecule has 1 rings (SSSR count). The van der Waals surface area contributed by atoms with Crippen molar-refractivity contribution in [3.63, 3.8) is 0 Å². The number of hydrogen-bond donors (Lipinski definition) is 1. The van der Waals surface area contributed by atoms with Gasteiger partial charge in [0.2, 0.25) is 5.91 Å². The molecule has 0 atom stereocenters. The zero-order chi connectivity index (χ0) is 11.6. The summed E-state index contributed by atoms with van der Waals surface area (Å²) in [6, 6.07) is 4.73. The molecule has 0 aliphatic rings. The van der Waals surface area contributed by atoms with Crippen LogP contribution in [0.1, 0.15) is 25.8 Å². The van der Waals surface area contributed by atoms with Crippen LogP contribution in [0.2, 0.25) is 0 Å². The number of nitrogens with two attached hydrogens (primary N) is 1. The summed E-state index contributed by atoms with van der Waals surface area (Å²) >= 11 is 3.11. The van der Waals surface area contributed by atoms with Crippen LogP contribution < -0.4 is 5.73 Å². The molecule has 82 valence electrons. The highest BCUT2D eigenvalue weighted by Crippen LogP contribution is 2.29. The third kappa shape index (κ3) is 3.02. The van der Waals surface area contributed by atoms with Gasteiger partial charge in [-0.25, -0.2) is 4.39 Å². The quantitative estimate of drug-likeness (QED) is 0.904. The number of carbonyl (C=O) groups is 1. The Morgan fingerprint density at radius 3 is 2.60 bits per heavy atom. The van der Waals surface area contributed by atoms with Gasteiger partial charge < -0.3 is 5.73 Å². The fourth-order valence-corrected chi connectivity index (χ4v) is 1.83. The van der Waals surface area contributed by atoms with Crippen molar-refractivity contribution >= 4 is 21.8 Å². The van der Waals surface area contributed by atoms with Crippen LogP contribution in [0.25, 0.3) is 0 Å². The van der Waals surface area contributed by atoms with Gasteiger partial charge in [0, 0.05) is 6.42 Å². The van der Waals surface area contributed by atoms with Crippen LogP contribution in [-0.4, -0.2) is 5.91 Å². The second-order valence-electron chi connectivity index (χ2n) is 4.16. The fourth-order valence-electron chi connectivity index (χ4n) is 1.45. The Hall–Kier alpha value is -0.900. The van der Waals surface area contributed by atoms with Crippen LogP contribution in [0, 0.1) is 5.82 Å². The minimum absolute atomic E-state index is 0.241. The van der Waals surface area contributed by atoms with E-state index in [4.69, 9.17) is 5.73 Å². The number of amides is 1. The first-order valence-electron chi connectivity index (χ1n) is 4.57. The number of halogens is 2. The normalized spacial score (nSPS) is 11.5. The van der Waals surface area contributed by atoms with Crippen molar-refractivity contribution in [3.05, 3.63) is 34.1 Å². The summed E-state index contributed by atoms with van der Waals surface area (Å²) in [5.74, 6) is -0.672. The van der Waals surface area contributed by atoms with Crippen molar-refractivity contribution < 1.29 is 9.18 Å². The van der Waals surface area contributed by atoms with Crippen molar-refractivity contribution in [2.24, 2.45) is 5.73 Å². The molecule has 0 aliphatic heterocycles. The van der Waals surface area contributed by atoms with Gasteiger partial charge in [-0.05, 0) is 39.0 Å². The lowest BCUT2D eigenvalue weighted by molar-refractivity contribution is -0.119. The van der Waals surface area contributed by atoms with E-state index >= 15 is 0 Å². The average molecular weight is 274 g/mol. The Morgan fingerprint density at radius 1 is 1.53 bits per heavy atom. The molecule has 0 fully saturated rings. The highest BCUT2D eigenvalue weighted by Gasteiger charge is 2.23. The summed E-state index contributed by atoms with van der Waals surface area (Å²) in [7, 11) is 0. The second-order valence-corrected chi connectivity index (χ2v) is 5.01. The van der Waals surface area contributed by atoms with E-state index in [-0.39, 0.29) is 23.6 Å². The van der Waals surface area contributed by atoms with Crippen LogP contribution in [0.4, 0.5) is 4.39 Å². The minimum atomic E-state index is -0.373. The van der Waals surface area contributed by atoms with Gasteiger partial charge in [-0.2, -0.15) is 0 Å². The van der Waals surface area contributed by atoms with Gasteiger partial charge in [-0.1, -0.05) is 19.9 Å². The molecule has 1 aromatic rings. The Labute approximate surface area is 96.8 Å². The van der Waals surface area contributed by atoms with E-state index < -0.39 is 0 Å². The standard InChI is InChI=1S/C11H13BrFNO/c1-11(2,6-10(14)15)7-3-4-9(13)8(12)5-7/h3-5H,6H2,1-2H3,(H2,14,15). The molecule has 0 spiro atoms. The van der Waals surface area contributed by atoms with Crippen molar-refractivity contribution in [1.29, 1.82) is 0 Å². The molecular formula is C11H13BrFNO. The Morgan fingerprint density at radius 2 is 2.13 bits per heavy atom. The minimum Gasteiger partial charge on any atom is -0.370 e. The van der Waals surface area contributed by atoms with Gasteiger partial charge in [0.1, 0.15) is 5.82 Å². The zero-order valence-electron chi connectivity index (χ0n) is 8.68. The summed E-state index contributed by atoms with van der Waals surface area (Å²) in [5.41, 5.74) is 5.67. The molecule has 0 bridgehead atoms. The number of hydrogen-bond acceptors (Lipinski definition) is 1. The smallest absolute Gasteiger partial charge is 0.218 e. The highest BCUT2D eigenvalue weighted by molar-refractivity contribution is 9.10. The van der Waals surface area contributed by atoms with Crippen molar-refractivity contribution in [3.8, 4) is 0 Å². The van der Waals surface area contributed by atoms with Gasteiger partial charge >= 0.3 is 0 Å². The first-order valence-corrected chi connectivity index (χ1v) is 5.36. The van der Waals surface area contributed by atoms with Gasteiger partial charge in [-0.15, -0.1) is 0 Å². The fraction of sp³-hybridized carbons (Fsp3) is 0.364. The monoisotopic (exact) mass is 273 g/mol. The number of carbonyl (C=O) groups excluding carboxylic acids is 1. The molecule has 4 heteroatoms. The molecule has 1 amide bonds. The molecule has 0 saturated heterocycles. The first-order chi connectivity index (χ1) is 6.83. The van der Waals surface area contributed by atoms with E-state index in [1.54, 1.807) is 12.1 Å². The third-order valence-corrected chi connectivity index (χ3v) is 2.92. The number of primary amides is 1. The largest absolute Gasteiger partial charge is 0.370 e. The Balaban J connectivity index is 3.04. The maximum atomic E-state index is 13.0. The molecule has 15 heavy (non-hydrogen) atoms. The van der Waals surface area contributed by atoms with E-state index in [2.05, 4.69) is 15.9 Å². The first kappa shape index (κ1) is 12.2. The molecule has 0 radical (unpaired) electrons. The van der Waals surface area contributed by atoms with E-state index in [1.807, 2.05) is 13.8 Å². The number of rotatable bonds is 3. The molecule has 0 heterocycles. The SMILES string of the molecule is CC(C)(CC(N)=O)c1ccc(F)c(Br)c1. The lowest BCUT2D eigenvalue weighted by Gasteiger charge is -2.23. The molecule has 2 nitrogen and oxygen atoms in total. The van der Waals surface area contributed by atoms with Gasteiger partial charge in [-0.3, -0.25) is 4.79 Å². The Bertz CT molecular complexity index is 390. The topological polar surface area (TPSA) is 43.1 Å². The summed E-state index contributed by atoms with van der Waals surface area (Å²) in [6.07, 6.45) is 0.241. The van der Waals surface area contributed by atoms with Gasteiger partial charge in [0.25, 0.3) is 0 Å². The van der Waals surface area contributed by atoms with Gasteiger partial charge in [0.05, 0.1) is 4.47 Å². The Kier molecular flexibility index (Phi) is 3.50. The number of benzene rings is 1. The molecule has 0 saturated carbocycles. The molecular weight excluding hydrogens is 261 g/mol. The van der Waals surface area contributed by atoms with Crippen molar-refractivity contribution in [2.45, 2.75) is 25.7 Å². The van der Waals surface area contributed by atoms with E-state index in [9.17, 15) is 9.18 Å². The molecule has 2 N–H and O–H groups in total. The van der Waals surface area contributed by atoms with E-state index in [1.165, 1.54) is 6.07 Å². The highest BCUT2D eigenvalue weighted by atomic mass is 79.9. The van der Waals surface area contributed by atoms with E-state index in [0.717, 1.165) is 5.56 Å². The zero-order valence-corrected chi connectivity index (χ0v) is 10.3. The summed E-state index contributed by atoms with van der Waals surface area (Å²) < 4.78 is 13.4. The van der Waals surface area contributed by atoms with Crippen LogP contribution in [0.5, 0.6) is 0 Å². The summed E-state index contributed by atoms with van der Waals surface area (Å²) in [5, 5.41) is 0.